The van der Waals surface area contributed by atoms with E-state index in [0.717, 1.165) is 63.7 Å². The van der Waals surface area contributed by atoms with E-state index in [9.17, 15) is 14.4 Å². The molecule has 0 bridgehead atoms. The summed E-state index contributed by atoms with van der Waals surface area (Å²) in [4.78, 5) is 37.9. The fraction of sp³-hybridized carbons (Fsp3) is 0.943. The van der Waals surface area contributed by atoms with Gasteiger partial charge in [-0.05, 0) is 25.2 Å². The van der Waals surface area contributed by atoms with Crippen LogP contribution in [0.1, 0.15) is 297 Å². The van der Waals surface area contributed by atoms with Gasteiger partial charge in [0.25, 0.3) is 0 Å². The fourth-order valence-corrected chi connectivity index (χ4v) is 8.04. The maximum atomic E-state index is 12.7. The zero-order valence-corrected chi connectivity index (χ0v) is 40.2. The Balaban J connectivity index is 4.22. The summed E-state index contributed by atoms with van der Waals surface area (Å²) in [5, 5.41) is 0. The quantitative estimate of drug-likeness (QED) is 0.0345. The third-order valence-corrected chi connectivity index (χ3v) is 12.0. The van der Waals surface area contributed by atoms with Crippen molar-refractivity contribution >= 4 is 17.9 Å². The summed E-state index contributed by atoms with van der Waals surface area (Å²) in [6.07, 6.45) is 49.5. The Labute approximate surface area is 368 Å². The first-order chi connectivity index (χ1) is 28.9. The van der Waals surface area contributed by atoms with Gasteiger partial charge in [0.05, 0.1) is 0 Å². The monoisotopic (exact) mass is 835 g/mol. The van der Waals surface area contributed by atoms with Crippen LogP contribution in [-0.4, -0.2) is 37.2 Å². The molecule has 0 aliphatic rings. The number of carbonyl (C=O) groups excluding carboxylic acids is 3. The van der Waals surface area contributed by atoms with E-state index in [1.54, 1.807) is 0 Å². The van der Waals surface area contributed by atoms with Gasteiger partial charge >= 0.3 is 17.9 Å². The predicted octanol–water partition coefficient (Wildman–Crippen LogP) is 17.1. The standard InChI is InChI=1S/C53H102O6/c1-5-7-9-11-13-15-16-17-18-22-25-29-32-36-40-44-51(54)57-47-50(59-53(56)46-42-38-34-27-14-12-10-8-6-2)48-58-52(55)45-41-37-33-30-26-23-20-19-21-24-28-31-35-39-43-49(3)4/h49-50H,5-48H2,1-4H3/t50-/m1/s1. The average molecular weight is 835 g/mol. The van der Waals surface area contributed by atoms with E-state index in [0.29, 0.717) is 19.3 Å². The Bertz CT molecular complexity index is 887. The molecule has 0 saturated heterocycles. The van der Waals surface area contributed by atoms with Crippen LogP contribution in [0.25, 0.3) is 0 Å². The molecule has 6 heteroatoms. The first-order valence-electron chi connectivity index (χ1n) is 26.4. The first-order valence-corrected chi connectivity index (χ1v) is 26.4. The van der Waals surface area contributed by atoms with Crippen molar-refractivity contribution in [2.75, 3.05) is 13.2 Å². The molecule has 0 rings (SSSR count). The minimum Gasteiger partial charge on any atom is -0.462 e. The van der Waals surface area contributed by atoms with Crippen molar-refractivity contribution in [2.24, 2.45) is 5.92 Å². The van der Waals surface area contributed by atoms with E-state index in [2.05, 4.69) is 27.7 Å². The van der Waals surface area contributed by atoms with E-state index >= 15 is 0 Å². The van der Waals surface area contributed by atoms with Crippen LogP contribution < -0.4 is 0 Å². The molecule has 1 atom stereocenters. The van der Waals surface area contributed by atoms with Crippen molar-refractivity contribution in [1.82, 2.24) is 0 Å². The molecule has 0 aliphatic carbocycles. The molecule has 0 unspecified atom stereocenters. The van der Waals surface area contributed by atoms with Crippen LogP contribution in [0.15, 0.2) is 0 Å². The second kappa shape index (κ2) is 47.5. The maximum Gasteiger partial charge on any atom is 0.306 e. The summed E-state index contributed by atoms with van der Waals surface area (Å²) in [6.45, 7) is 9.02. The zero-order chi connectivity index (χ0) is 43.1. The van der Waals surface area contributed by atoms with Gasteiger partial charge in [-0.3, -0.25) is 14.4 Å². The lowest BCUT2D eigenvalue weighted by atomic mass is 10.0. The second-order valence-corrected chi connectivity index (χ2v) is 18.6. The number of hydrogen-bond donors (Lipinski definition) is 0. The highest BCUT2D eigenvalue weighted by atomic mass is 16.6. The minimum atomic E-state index is -0.760. The molecule has 350 valence electrons. The predicted molar refractivity (Wildman–Crippen MR) is 252 cm³/mol. The molecule has 0 fully saturated rings. The van der Waals surface area contributed by atoms with Gasteiger partial charge in [0.15, 0.2) is 6.10 Å². The van der Waals surface area contributed by atoms with Gasteiger partial charge in [0.2, 0.25) is 0 Å². The van der Waals surface area contributed by atoms with Crippen LogP contribution in [0.3, 0.4) is 0 Å². The molecule has 0 radical (unpaired) electrons. The second-order valence-electron chi connectivity index (χ2n) is 18.6. The van der Waals surface area contributed by atoms with E-state index in [-0.39, 0.29) is 31.1 Å². The summed E-state index contributed by atoms with van der Waals surface area (Å²) in [5.41, 5.74) is 0. The molecule has 0 amide bonds. The molecular formula is C53H102O6. The molecule has 6 nitrogen and oxygen atoms in total. The molecular weight excluding hydrogens is 733 g/mol. The van der Waals surface area contributed by atoms with Gasteiger partial charge in [-0.25, -0.2) is 0 Å². The van der Waals surface area contributed by atoms with Crippen LogP contribution in [-0.2, 0) is 28.6 Å². The van der Waals surface area contributed by atoms with Gasteiger partial charge in [0, 0.05) is 19.3 Å². The number of carbonyl (C=O) groups is 3. The Morgan fingerprint density at radius 1 is 0.322 bits per heavy atom. The SMILES string of the molecule is CCCCCCCCCCCCCCCCCC(=O)OC[C@H](COC(=O)CCCCCCCCCCCCCCCCC(C)C)OC(=O)CCCCCCCCCCC. The van der Waals surface area contributed by atoms with Gasteiger partial charge in [-0.2, -0.15) is 0 Å². The van der Waals surface area contributed by atoms with Crippen molar-refractivity contribution < 1.29 is 28.6 Å². The Kier molecular flexibility index (Phi) is 46.2. The van der Waals surface area contributed by atoms with Gasteiger partial charge < -0.3 is 14.2 Å². The molecule has 0 aromatic heterocycles. The highest BCUT2D eigenvalue weighted by molar-refractivity contribution is 5.71. The lowest BCUT2D eigenvalue weighted by Gasteiger charge is -2.18. The summed E-state index contributed by atoms with van der Waals surface area (Å²) in [7, 11) is 0. The largest absolute Gasteiger partial charge is 0.462 e. The van der Waals surface area contributed by atoms with Crippen molar-refractivity contribution in [1.29, 1.82) is 0 Å². The first kappa shape index (κ1) is 57.4. The molecule has 0 saturated carbocycles. The maximum absolute atomic E-state index is 12.7. The molecule has 0 aromatic rings. The third kappa shape index (κ3) is 47.3. The molecule has 0 N–H and O–H groups in total. The van der Waals surface area contributed by atoms with E-state index in [1.807, 2.05) is 0 Å². The lowest BCUT2D eigenvalue weighted by molar-refractivity contribution is -0.167. The zero-order valence-electron chi connectivity index (χ0n) is 40.2. The Morgan fingerprint density at radius 2 is 0.559 bits per heavy atom. The van der Waals surface area contributed by atoms with Gasteiger partial charge in [0.1, 0.15) is 13.2 Å². The average Bonchev–Trinajstić information content (AvgIpc) is 3.22. The normalized spacial score (nSPS) is 11.9. The Hall–Kier alpha value is -1.59. The van der Waals surface area contributed by atoms with E-state index in [1.165, 1.54) is 193 Å². The number of rotatable bonds is 48. The highest BCUT2D eigenvalue weighted by Crippen LogP contribution is 2.17. The highest BCUT2D eigenvalue weighted by Gasteiger charge is 2.19. The number of esters is 3. The van der Waals surface area contributed by atoms with Gasteiger partial charge in [-0.15, -0.1) is 0 Å². The van der Waals surface area contributed by atoms with Crippen LogP contribution in [0.4, 0.5) is 0 Å². The van der Waals surface area contributed by atoms with Crippen LogP contribution >= 0.6 is 0 Å². The topological polar surface area (TPSA) is 78.9 Å². The fourth-order valence-electron chi connectivity index (χ4n) is 8.04. The summed E-state index contributed by atoms with van der Waals surface area (Å²) in [5.74, 6) is -0.000437. The van der Waals surface area contributed by atoms with Crippen molar-refractivity contribution in [3.05, 3.63) is 0 Å². The number of unbranched alkanes of at least 4 members (excludes halogenated alkanes) is 35. The van der Waals surface area contributed by atoms with Crippen LogP contribution in [0, 0.1) is 5.92 Å². The molecule has 0 aromatic carbocycles. The smallest absolute Gasteiger partial charge is 0.306 e. The van der Waals surface area contributed by atoms with E-state index < -0.39 is 6.10 Å². The Morgan fingerprint density at radius 3 is 0.831 bits per heavy atom. The minimum absolute atomic E-state index is 0.0627. The van der Waals surface area contributed by atoms with Crippen LogP contribution in [0.5, 0.6) is 0 Å². The van der Waals surface area contributed by atoms with Crippen molar-refractivity contribution in [2.45, 2.75) is 303 Å². The molecule has 0 heterocycles. The van der Waals surface area contributed by atoms with Gasteiger partial charge in [-0.1, -0.05) is 259 Å². The van der Waals surface area contributed by atoms with Crippen molar-refractivity contribution in [3.63, 3.8) is 0 Å². The lowest BCUT2D eigenvalue weighted by Crippen LogP contribution is -2.30. The van der Waals surface area contributed by atoms with Crippen LogP contribution in [0.2, 0.25) is 0 Å². The van der Waals surface area contributed by atoms with Crippen molar-refractivity contribution in [3.8, 4) is 0 Å². The number of hydrogen-bond acceptors (Lipinski definition) is 6. The third-order valence-electron chi connectivity index (χ3n) is 12.0. The van der Waals surface area contributed by atoms with E-state index in [4.69, 9.17) is 14.2 Å². The summed E-state index contributed by atoms with van der Waals surface area (Å²) >= 11 is 0. The summed E-state index contributed by atoms with van der Waals surface area (Å²) < 4.78 is 16.8. The molecule has 0 spiro atoms. The number of ether oxygens (including phenoxy) is 3. The summed E-state index contributed by atoms with van der Waals surface area (Å²) in [6, 6.07) is 0. The molecule has 0 aliphatic heterocycles. The molecule has 59 heavy (non-hydrogen) atoms.